The first-order valence-corrected chi connectivity index (χ1v) is 5.51. The molecule has 1 rings (SSSR count). The van der Waals surface area contributed by atoms with E-state index in [0.29, 0.717) is 23.9 Å². The Morgan fingerprint density at radius 2 is 2.19 bits per heavy atom. The van der Waals surface area contributed by atoms with Gasteiger partial charge in [-0.1, -0.05) is 0 Å². The Morgan fingerprint density at radius 3 is 2.75 bits per heavy atom. The highest BCUT2D eigenvalue weighted by molar-refractivity contribution is 9.10. The molecular formula is C9H11BrN2O4. The second-order valence-electron chi connectivity index (χ2n) is 3.23. The first-order valence-electron chi connectivity index (χ1n) is 4.71. The Labute approximate surface area is 99.8 Å². The molecule has 1 aromatic heterocycles. The molecular weight excluding hydrogens is 280 g/mol. The van der Waals surface area contributed by atoms with Crippen LogP contribution in [0.15, 0.2) is 21.5 Å². The molecule has 0 fully saturated rings. The second kappa shape index (κ2) is 5.76. The molecule has 0 aromatic carbocycles. The van der Waals surface area contributed by atoms with Crippen LogP contribution >= 0.6 is 15.9 Å². The van der Waals surface area contributed by atoms with Crippen LogP contribution in [-0.2, 0) is 6.54 Å². The van der Waals surface area contributed by atoms with E-state index >= 15 is 0 Å². The summed E-state index contributed by atoms with van der Waals surface area (Å²) in [4.78, 5) is 21.5. The van der Waals surface area contributed by atoms with Gasteiger partial charge in [0, 0.05) is 29.9 Å². The number of aliphatic hydroxyl groups excluding tert-OH is 1. The Hall–Kier alpha value is -1.21. The standard InChI is InChI=1S/C9H11BrN2O4/c10-7-5-8(12(15)16)9(14)11(6-7)3-1-2-4-13/h5-6,13H,1-4H2. The van der Waals surface area contributed by atoms with E-state index in [1.165, 1.54) is 16.8 Å². The fourth-order valence-electron chi connectivity index (χ4n) is 1.28. The Bertz CT molecular complexity index is 444. The van der Waals surface area contributed by atoms with Gasteiger partial charge in [0.15, 0.2) is 0 Å². The van der Waals surface area contributed by atoms with Crippen molar-refractivity contribution in [3.8, 4) is 0 Å². The zero-order chi connectivity index (χ0) is 12.1. The highest BCUT2D eigenvalue weighted by Crippen LogP contribution is 2.14. The monoisotopic (exact) mass is 290 g/mol. The Kier molecular flexibility index (Phi) is 4.63. The fourth-order valence-corrected chi connectivity index (χ4v) is 1.74. The van der Waals surface area contributed by atoms with Gasteiger partial charge in [-0.05, 0) is 28.8 Å². The molecule has 88 valence electrons. The zero-order valence-electron chi connectivity index (χ0n) is 8.43. The zero-order valence-corrected chi connectivity index (χ0v) is 10.0. The normalized spacial score (nSPS) is 10.4. The van der Waals surface area contributed by atoms with Gasteiger partial charge in [-0.25, -0.2) is 0 Å². The van der Waals surface area contributed by atoms with Gasteiger partial charge in [0.1, 0.15) is 0 Å². The summed E-state index contributed by atoms with van der Waals surface area (Å²) >= 11 is 3.11. The number of unbranched alkanes of at least 4 members (excludes halogenated alkanes) is 1. The number of hydrogen-bond donors (Lipinski definition) is 1. The summed E-state index contributed by atoms with van der Waals surface area (Å²) in [6, 6.07) is 1.19. The van der Waals surface area contributed by atoms with Crippen LogP contribution in [0, 0.1) is 10.1 Å². The molecule has 0 aliphatic heterocycles. The highest BCUT2D eigenvalue weighted by Gasteiger charge is 2.15. The molecule has 0 radical (unpaired) electrons. The molecule has 0 saturated carbocycles. The smallest absolute Gasteiger partial charge is 0.335 e. The first-order chi connectivity index (χ1) is 7.56. The molecule has 0 bridgehead atoms. The van der Waals surface area contributed by atoms with Gasteiger partial charge in [-0.2, -0.15) is 0 Å². The third-order valence-electron chi connectivity index (χ3n) is 2.04. The highest BCUT2D eigenvalue weighted by atomic mass is 79.9. The van der Waals surface area contributed by atoms with Crippen LogP contribution in [0.1, 0.15) is 12.8 Å². The minimum absolute atomic E-state index is 0.0465. The van der Waals surface area contributed by atoms with E-state index < -0.39 is 16.2 Å². The van der Waals surface area contributed by atoms with Crippen molar-refractivity contribution in [3.63, 3.8) is 0 Å². The Balaban J connectivity index is 3.00. The summed E-state index contributed by atoms with van der Waals surface area (Å²) in [5.41, 5.74) is -1.07. The Morgan fingerprint density at radius 1 is 1.50 bits per heavy atom. The predicted molar refractivity (Wildman–Crippen MR) is 61.4 cm³/mol. The molecule has 1 heterocycles. The lowest BCUT2D eigenvalue weighted by molar-refractivity contribution is -0.386. The van der Waals surface area contributed by atoms with Gasteiger partial charge in [-0.15, -0.1) is 0 Å². The van der Waals surface area contributed by atoms with Gasteiger partial charge < -0.3 is 9.67 Å². The van der Waals surface area contributed by atoms with E-state index in [1.807, 2.05) is 0 Å². The maximum Gasteiger partial charge on any atom is 0.335 e. The van der Waals surface area contributed by atoms with E-state index in [1.54, 1.807) is 0 Å². The van der Waals surface area contributed by atoms with Crippen molar-refractivity contribution in [2.75, 3.05) is 6.61 Å². The van der Waals surface area contributed by atoms with Gasteiger partial charge >= 0.3 is 11.2 Å². The summed E-state index contributed by atoms with van der Waals surface area (Å²) < 4.78 is 1.76. The van der Waals surface area contributed by atoms with Gasteiger partial charge in [0.2, 0.25) is 0 Å². The van der Waals surface area contributed by atoms with E-state index in [0.717, 1.165) is 0 Å². The molecule has 0 atom stereocenters. The van der Waals surface area contributed by atoms with Crippen LogP contribution in [0.4, 0.5) is 5.69 Å². The third kappa shape index (κ3) is 3.14. The minimum Gasteiger partial charge on any atom is -0.396 e. The maximum atomic E-state index is 11.6. The second-order valence-corrected chi connectivity index (χ2v) is 4.15. The number of aliphatic hydroxyl groups is 1. The SMILES string of the molecule is O=c1c([N+](=O)[O-])cc(Br)cn1CCCCO. The summed E-state index contributed by atoms with van der Waals surface area (Å²) in [5.74, 6) is 0. The van der Waals surface area contributed by atoms with E-state index in [9.17, 15) is 14.9 Å². The van der Waals surface area contributed by atoms with Crippen LogP contribution in [0.5, 0.6) is 0 Å². The minimum atomic E-state index is -0.699. The average Bonchev–Trinajstić information content (AvgIpc) is 2.22. The van der Waals surface area contributed by atoms with Crippen molar-refractivity contribution < 1.29 is 10.0 Å². The van der Waals surface area contributed by atoms with Gasteiger partial charge in [0.05, 0.1) is 4.92 Å². The number of halogens is 1. The molecule has 16 heavy (non-hydrogen) atoms. The topological polar surface area (TPSA) is 85.4 Å². The lowest BCUT2D eigenvalue weighted by Crippen LogP contribution is -2.22. The van der Waals surface area contributed by atoms with Crippen LogP contribution in [-0.4, -0.2) is 21.2 Å². The quantitative estimate of drug-likeness (QED) is 0.503. The van der Waals surface area contributed by atoms with Crippen molar-refractivity contribution in [2.45, 2.75) is 19.4 Å². The summed E-state index contributed by atoms with van der Waals surface area (Å²) in [6.45, 7) is 0.407. The van der Waals surface area contributed by atoms with E-state index in [4.69, 9.17) is 5.11 Å². The van der Waals surface area contributed by atoms with E-state index in [2.05, 4.69) is 15.9 Å². The van der Waals surface area contributed by atoms with Crippen LogP contribution in [0.25, 0.3) is 0 Å². The molecule has 0 aliphatic carbocycles. The predicted octanol–water partition coefficient (Wildman–Crippen LogP) is 1.29. The van der Waals surface area contributed by atoms with Crippen LogP contribution in [0.2, 0.25) is 0 Å². The van der Waals surface area contributed by atoms with Crippen molar-refractivity contribution in [1.29, 1.82) is 0 Å². The molecule has 0 amide bonds. The molecule has 0 spiro atoms. The first kappa shape index (κ1) is 12.9. The maximum absolute atomic E-state index is 11.6. The number of nitro groups is 1. The lowest BCUT2D eigenvalue weighted by Gasteiger charge is -2.05. The van der Waals surface area contributed by atoms with Crippen molar-refractivity contribution in [3.05, 3.63) is 37.2 Å². The van der Waals surface area contributed by atoms with Crippen molar-refractivity contribution in [2.24, 2.45) is 0 Å². The number of rotatable bonds is 5. The molecule has 1 N–H and O–H groups in total. The fraction of sp³-hybridized carbons (Fsp3) is 0.444. The van der Waals surface area contributed by atoms with E-state index in [-0.39, 0.29) is 6.61 Å². The number of hydrogen-bond acceptors (Lipinski definition) is 4. The van der Waals surface area contributed by atoms with Crippen LogP contribution < -0.4 is 5.56 Å². The average molecular weight is 291 g/mol. The largest absolute Gasteiger partial charge is 0.396 e. The number of nitrogens with zero attached hydrogens (tertiary/aromatic N) is 2. The van der Waals surface area contributed by atoms with Gasteiger partial charge in [0.25, 0.3) is 0 Å². The summed E-state index contributed by atoms with van der Waals surface area (Å²) in [7, 11) is 0. The molecule has 0 saturated heterocycles. The molecule has 6 nitrogen and oxygen atoms in total. The number of pyridine rings is 1. The number of aryl methyl sites for hydroxylation is 1. The molecule has 1 aromatic rings. The molecule has 0 unspecified atom stereocenters. The summed E-state index contributed by atoms with van der Waals surface area (Å²) in [6.07, 6.45) is 2.67. The molecule has 7 heteroatoms. The van der Waals surface area contributed by atoms with Crippen molar-refractivity contribution >= 4 is 21.6 Å². The summed E-state index contributed by atoms with van der Waals surface area (Å²) in [5, 5.41) is 19.2. The van der Waals surface area contributed by atoms with Crippen molar-refractivity contribution in [1.82, 2.24) is 4.57 Å². The van der Waals surface area contributed by atoms with Crippen LogP contribution in [0.3, 0.4) is 0 Å². The lowest BCUT2D eigenvalue weighted by atomic mass is 10.3. The van der Waals surface area contributed by atoms with Gasteiger partial charge in [-0.3, -0.25) is 14.9 Å². The third-order valence-corrected chi connectivity index (χ3v) is 2.47. The molecule has 0 aliphatic rings. The number of aromatic nitrogens is 1.